The Morgan fingerprint density at radius 3 is 2.53 bits per heavy atom. The van der Waals surface area contributed by atoms with Gasteiger partial charge in [0.05, 0.1) is 30.2 Å². The van der Waals surface area contributed by atoms with Crippen LogP contribution < -0.4 is 10.2 Å². The number of hydrogen-bond donors (Lipinski definition) is 1. The summed E-state index contributed by atoms with van der Waals surface area (Å²) < 4.78 is 10.8. The number of hydrogen-bond acceptors (Lipinski definition) is 7. The van der Waals surface area contributed by atoms with Gasteiger partial charge in [-0.15, -0.1) is 0 Å². The molecule has 0 bridgehead atoms. The van der Waals surface area contributed by atoms with Crippen LogP contribution in [0.4, 0.5) is 11.4 Å². The number of aromatic nitrogens is 2. The highest BCUT2D eigenvalue weighted by Gasteiger charge is 2.22. The third-order valence-electron chi connectivity index (χ3n) is 6.67. The maximum absolute atomic E-state index is 12.6. The van der Waals surface area contributed by atoms with Crippen LogP contribution in [0.5, 0.6) is 0 Å². The number of nitrogens with one attached hydrogen (secondary N) is 1. The van der Waals surface area contributed by atoms with Crippen LogP contribution in [0.1, 0.15) is 29.8 Å². The highest BCUT2D eigenvalue weighted by Crippen LogP contribution is 2.26. The molecule has 1 aromatic heterocycles. The van der Waals surface area contributed by atoms with Gasteiger partial charge < -0.3 is 19.7 Å². The van der Waals surface area contributed by atoms with Crippen molar-refractivity contribution in [3.63, 3.8) is 0 Å². The number of rotatable bonds is 6. The van der Waals surface area contributed by atoms with Crippen LogP contribution >= 0.6 is 0 Å². The largest absolute Gasteiger partial charge is 0.381 e. The van der Waals surface area contributed by atoms with Crippen molar-refractivity contribution in [2.75, 3.05) is 49.7 Å². The normalized spacial score (nSPS) is 16.4. The van der Waals surface area contributed by atoms with Crippen molar-refractivity contribution < 1.29 is 14.3 Å². The second kappa shape index (κ2) is 11.3. The summed E-state index contributed by atoms with van der Waals surface area (Å²) in [7, 11) is 0. The lowest BCUT2D eigenvalue weighted by molar-refractivity contribution is -0.122. The predicted molar refractivity (Wildman–Crippen MR) is 137 cm³/mol. The van der Waals surface area contributed by atoms with Gasteiger partial charge in [-0.05, 0) is 48.7 Å². The van der Waals surface area contributed by atoms with Gasteiger partial charge in [-0.1, -0.05) is 18.2 Å². The van der Waals surface area contributed by atoms with Crippen LogP contribution in [-0.4, -0.2) is 55.4 Å². The maximum Gasteiger partial charge on any atom is 0.227 e. The summed E-state index contributed by atoms with van der Waals surface area (Å²) in [5, 5.41) is 12.6. The second-order valence-electron chi connectivity index (χ2n) is 9.05. The van der Waals surface area contributed by atoms with E-state index in [1.807, 2.05) is 12.1 Å². The smallest absolute Gasteiger partial charge is 0.227 e. The Morgan fingerprint density at radius 2 is 1.78 bits per heavy atom. The van der Waals surface area contributed by atoms with Gasteiger partial charge in [-0.25, -0.2) is 9.97 Å². The van der Waals surface area contributed by atoms with E-state index in [2.05, 4.69) is 45.5 Å². The topological polar surface area (TPSA) is 100 Å². The number of anilines is 2. The van der Waals surface area contributed by atoms with Crippen LogP contribution in [0.2, 0.25) is 0 Å². The highest BCUT2D eigenvalue weighted by atomic mass is 16.5. The number of carbonyl (C=O) groups excluding carboxylic acids is 1. The Hall–Kier alpha value is -3.80. The number of carbonyl (C=O) groups is 1. The summed E-state index contributed by atoms with van der Waals surface area (Å²) in [6, 6.07) is 18.0. The fourth-order valence-electron chi connectivity index (χ4n) is 4.57. The summed E-state index contributed by atoms with van der Waals surface area (Å²) >= 11 is 0. The Morgan fingerprint density at radius 1 is 1.03 bits per heavy atom. The molecule has 1 amide bonds. The first-order chi connectivity index (χ1) is 17.7. The van der Waals surface area contributed by atoms with E-state index < -0.39 is 0 Å². The maximum atomic E-state index is 12.6. The number of nitriles is 1. The lowest BCUT2D eigenvalue weighted by atomic mass is 9.99. The average Bonchev–Trinajstić information content (AvgIpc) is 2.95. The van der Waals surface area contributed by atoms with Crippen molar-refractivity contribution in [2.24, 2.45) is 5.92 Å². The Bertz CT molecular complexity index is 1240. The van der Waals surface area contributed by atoms with Gasteiger partial charge in [0.2, 0.25) is 5.91 Å². The van der Waals surface area contributed by atoms with E-state index >= 15 is 0 Å². The molecule has 2 saturated heterocycles. The predicted octanol–water partition coefficient (Wildman–Crippen LogP) is 3.81. The molecule has 36 heavy (non-hydrogen) atoms. The molecule has 3 aromatic rings. The molecule has 3 heterocycles. The third-order valence-corrected chi connectivity index (χ3v) is 6.67. The quantitative estimate of drug-likeness (QED) is 0.569. The van der Waals surface area contributed by atoms with Gasteiger partial charge in [0.15, 0.2) is 0 Å². The molecule has 1 N–H and O–H groups in total. The van der Waals surface area contributed by atoms with Crippen LogP contribution in [-0.2, 0) is 20.7 Å². The van der Waals surface area contributed by atoms with E-state index in [0.29, 0.717) is 49.6 Å². The van der Waals surface area contributed by atoms with Crippen molar-refractivity contribution in [1.82, 2.24) is 9.97 Å². The minimum Gasteiger partial charge on any atom is -0.381 e. The summed E-state index contributed by atoms with van der Waals surface area (Å²) in [6.07, 6.45) is 3.76. The lowest BCUT2D eigenvalue weighted by Crippen LogP contribution is -2.36. The molecule has 184 valence electrons. The SMILES string of the molecule is N#Cc1cc(-c2ccnc(Cc3ccc(N4CCOCC4)cc3)n2)ccc1NC(=O)C1CCOCC1. The second-order valence-corrected chi connectivity index (χ2v) is 9.05. The van der Waals surface area contributed by atoms with Crippen LogP contribution in [0.3, 0.4) is 0 Å². The lowest BCUT2D eigenvalue weighted by Gasteiger charge is -2.28. The van der Waals surface area contributed by atoms with Gasteiger partial charge in [0.25, 0.3) is 0 Å². The van der Waals surface area contributed by atoms with Gasteiger partial charge >= 0.3 is 0 Å². The van der Waals surface area contributed by atoms with E-state index in [9.17, 15) is 10.1 Å². The molecule has 0 unspecified atom stereocenters. The van der Waals surface area contributed by atoms with E-state index in [4.69, 9.17) is 14.5 Å². The van der Waals surface area contributed by atoms with Crippen molar-refractivity contribution in [3.05, 3.63) is 71.7 Å². The fraction of sp³-hybridized carbons (Fsp3) is 0.357. The van der Waals surface area contributed by atoms with Crippen molar-refractivity contribution >= 4 is 17.3 Å². The number of benzene rings is 2. The third kappa shape index (κ3) is 5.70. The molecular formula is C28H29N5O3. The van der Waals surface area contributed by atoms with Crippen molar-refractivity contribution in [1.29, 1.82) is 5.26 Å². The Kier molecular flexibility index (Phi) is 7.50. The van der Waals surface area contributed by atoms with Crippen molar-refractivity contribution in [3.8, 4) is 17.3 Å². The molecule has 0 radical (unpaired) electrons. The van der Waals surface area contributed by atoms with E-state index in [1.54, 1.807) is 18.3 Å². The molecule has 8 heteroatoms. The molecule has 8 nitrogen and oxygen atoms in total. The minimum atomic E-state index is -0.0858. The molecular weight excluding hydrogens is 454 g/mol. The number of nitrogens with zero attached hydrogens (tertiary/aromatic N) is 4. The first-order valence-electron chi connectivity index (χ1n) is 12.4. The molecule has 0 spiro atoms. The zero-order chi connectivity index (χ0) is 24.7. The number of morpholine rings is 1. The first kappa shape index (κ1) is 23.9. The molecule has 2 aliphatic heterocycles. The molecule has 0 saturated carbocycles. The summed E-state index contributed by atoms with van der Waals surface area (Å²) in [4.78, 5) is 24.1. The van der Waals surface area contributed by atoms with Gasteiger partial charge in [0.1, 0.15) is 11.9 Å². The molecule has 0 aliphatic carbocycles. The minimum absolute atomic E-state index is 0.0634. The fourth-order valence-corrected chi connectivity index (χ4v) is 4.57. The van der Waals surface area contributed by atoms with Crippen LogP contribution in [0, 0.1) is 17.2 Å². The first-order valence-corrected chi connectivity index (χ1v) is 12.4. The molecule has 2 fully saturated rings. The summed E-state index contributed by atoms with van der Waals surface area (Å²) in [5.41, 5.74) is 4.81. The van der Waals surface area contributed by atoms with Crippen molar-refractivity contribution in [2.45, 2.75) is 19.3 Å². The van der Waals surface area contributed by atoms with E-state index in [-0.39, 0.29) is 11.8 Å². The molecule has 5 rings (SSSR count). The van der Waals surface area contributed by atoms with E-state index in [1.165, 1.54) is 5.69 Å². The molecule has 2 aromatic carbocycles. The van der Waals surface area contributed by atoms with Crippen LogP contribution in [0.25, 0.3) is 11.3 Å². The zero-order valence-electron chi connectivity index (χ0n) is 20.2. The number of ether oxygens (including phenoxy) is 2. The Labute approximate surface area is 210 Å². The summed E-state index contributed by atoms with van der Waals surface area (Å²) in [5.74, 6) is 0.561. The van der Waals surface area contributed by atoms with Gasteiger partial charge in [-0.2, -0.15) is 5.26 Å². The average molecular weight is 484 g/mol. The number of amides is 1. The molecule has 0 atom stereocenters. The highest BCUT2D eigenvalue weighted by molar-refractivity contribution is 5.94. The Balaban J connectivity index is 1.28. The molecule has 2 aliphatic rings. The van der Waals surface area contributed by atoms with E-state index in [0.717, 1.165) is 43.1 Å². The van der Waals surface area contributed by atoms with Gasteiger partial charge in [0, 0.05) is 56.1 Å². The standard InChI is InChI=1S/C28H29N5O3/c29-19-23-18-22(3-6-25(23)32-28(34)21-8-13-35-14-9-21)26-7-10-30-27(31-26)17-20-1-4-24(5-2-20)33-11-15-36-16-12-33/h1-7,10,18,21H,8-9,11-17H2,(H,32,34). The van der Waals surface area contributed by atoms with Crippen LogP contribution in [0.15, 0.2) is 54.7 Å². The van der Waals surface area contributed by atoms with Gasteiger partial charge in [-0.3, -0.25) is 4.79 Å². The zero-order valence-corrected chi connectivity index (χ0v) is 20.2. The summed E-state index contributed by atoms with van der Waals surface area (Å²) in [6.45, 7) is 4.53. The monoisotopic (exact) mass is 483 g/mol.